The van der Waals surface area contributed by atoms with Crippen molar-refractivity contribution >= 4 is 11.7 Å². The summed E-state index contributed by atoms with van der Waals surface area (Å²) in [6.45, 7) is 2.09. The summed E-state index contributed by atoms with van der Waals surface area (Å²) >= 11 is 0. The number of rotatable bonds is 1. The van der Waals surface area contributed by atoms with E-state index >= 15 is 0 Å². The van der Waals surface area contributed by atoms with E-state index in [0.29, 0.717) is 0 Å². The molecule has 4 heteroatoms. The van der Waals surface area contributed by atoms with Crippen LogP contribution in [0.15, 0.2) is 28.4 Å². The zero-order valence-corrected chi connectivity index (χ0v) is 8.70. The highest BCUT2D eigenvalue weighted by Gasteiger charge is 2.17. The number of fused-ring (bicyclic) bond motifs is 1. The van der Waals surface area contributed by atoms with Crippen LogP contribution in [-0.4, -0.2) is 11.7 Å². The number of guanidine groups is 1. The minimum Gasteiger partial charge on any atom is -0.369 e. The van der Waals surface area contributed by atoms with Gasteiger partial charge in [0.2, 0.25) is 5.96 Å². The average molecular weight is 202 g/mol. The van der Waals surface area contributed by atoms with Gasteiger partial charge in [0.1, 0.15) is 0 Å². The maximum Gasteiger partial charge on any atom is 0.211 e. The Kier molecular flexibility index (Phi) is 2.41. The van der Waals surface area contributed by atoms with Crippen molar-refractivity contribution in [2.75, 3.05) is 0 Å². The van der Waals surface area contributed by atoms with Gasteiger partial charge in [-0.05, 0) is 25.3 Å². The van der Waals surface area contributed by atoms with Crippen LogP contribution in [0.1, 0.15) is 23.1 Å². The Hall–Kier alpha value is -1.84. The lowest BCUT2D eigenvalue weighted by molar-refractivity contribution is 1.07. The predicted molar refractivity (Wildman–Crippen MR) is 61.8 cm³/mol. The molecule has 0 saturated carbocycles. The molecule has 0 radical (unpaired) electrons. The molecule has 0 heterocycles. The third-order valence-electron chi connectivity index (χ3n) is 2.49. The molecule has 15 heavy (non-hydrogen) atoms. The average Bonchev–Trinajstić information content (AvgIpc) is 2.57. The molecule has 2 rings (SSSR count). The maximum absolute atomic E-state index is 5.24. The number of benzene rings is 1. The largest absolute Gasteiger partial charge is 0.369 e. The second-order valence-electron chi connectivity index (χ2n) is 3.73. The lowest BCUT2D eigenvalue weighted by atomic mass is 10.1. The number of aryl methyl sites for hydroxylation is 2. The van der Waals surface area contributed by atoms with E-state index in [-0.39, 0.29) is 5.96 Å². The summed E-state index contributed by atoms with van der Waals surface area (Å²) in [7, 11) is 0. The summed E-state index contributed by atoms with van der Waals surface area (Å²) in [5, 5.41) is 7.74. The van der Waals surface area contributed by atoms with Crippen LogP contribution in [0.4, 0.5) is 0 Å². The van der Waals surface area contributed by atoms with Crippen LogP contribution in [0.5, 0.6) is 0 Å². The molecule has 0 saturated heterocycles. The third kappa shape index (κ3) is 1.98. The molecule has 1 aliphatic rings. The van der Waals surface area contributed by atoms with E-state index in [4.69, 9.17) is 11.5 Å². The molecule has 78 valence electrons. The van der Waals surface area contributed by atoms with E-state index in [2.05, 4.69) is 35.3 Å². The molecule has 1 aromatic rings. The van der Waals surface area contributed by atoms with Crippen LogP contribution < -0.4 is 11.5 Å². The van der Waals surface area contributed by atoms with Gasteiger partial charge in [0.05, 0.1) is 5.71 Å². The van der Waals surface area contributed by atoms with Gasteiger partial charge in [0.15, 0.2) is 0 Å². The lowest BCUT2D eigenvalue weighted by Gasteiger charge is -1.99. The van der Waals surface area contributed by atoms with Gasteiger partial charge >= 0.3 is 0 Å². The Bertz CT molecular complexity index is 442. The topological polar surface area (TPSA) is 76.8 Å². The minimum atomic E-state index is 0.00283. The summed E-state index contributed by atoms with van der Waals surface area (Å²) in [5.41, 5.74) is 15.2. The summed E-state index contributed by atoms with van der Waals surface area (Å²) in [4.78, 5) is 0. The van der Waals surface area contributed by atoms with Crippen molar-refractivity contribution in [3.05, 3.63) is 34.9 Å². The quantitative estimate of drug-likeness (QED) is 0.403. The van der Waals surface area contributed by atoms with Gasteiger partial charge in [-0.3, -0.25) is 0 Å². The fourth-order valence-corrected chi connectivity index (χ4v) is 1.82. The maximum atomic E-state index is 5.24. The number of hydrogen-bond acceptors (Lipinski definition) is 2. The van der Waals surface area contributed by atoms with Gasteiger partial charge in [-0.1, -0.05) is 23.8 Å². The summed E-state index contributed by atoms with van der Waals surface area (Å²) in [5.74, 6) is 0.00283. The monoisotopic (exact) mass is 202 g/mol. The molecule has 0 aliphatic heterocycles. The van der Waals surface area contributed by atoms with Gasteiger partial charge in [-0.15, -0.1) is 5.10 Å². The van der Waals surface area contributed by atoms with Crippen molar-refractivity contribution < 1.29 is 0 Å². The first-order valence-corrected chi connectivity index (χ1v) is 4.92. The first-order chi connectivity index (χ1) is 7.16. The van der Waals surface area contributed by atoms with E-state index in [0.717, 1.165) is 18.6 Å². The molecular formula is C11H14N4. The van der Waals surface area contributed by atoms with E-state index in [9.17, 15) is 0 Å². The van der Waals surface area contributed by atoms with Crippen molar-refractivity contribution in [3.63, 3.8) is 0 Å². The number of nitrogens with two attached hydrogens (primary N) is 2. The SMILES string of the molecule is Cc1ccc2c(c1)CCC2=NN=C(N)N. The zero-order chi connectivity index (χ0) is 10.8. The molecule has 4 N–H and O–H groups in total. The third-order valence-corrected chi connectivity index (χ3v) is 2.49. The molecule has 4 nitrogen and oxygen atoms in total. The Morgan fingerprint density at radius 1 is 1.27 bits per heavy atom. The highest BCUT2D eigenvalue weighted by molar-refractivity contribution is 6.04. The fourth-order valence-electron chi connectivity index (χ4n) is 1.82. The van der Waals surface area contributed by atoms with Crippen LogP contribution in [0.2, 0.25) is 0 Å². The van der Waals surface area contributed by atoms with Crippen LogP contribution in [-0.2, 0) is 6.42 Å². The number of hydrogen-bond donors (Lipinski definition) is 2. The Balaban J connectivity index is 2.37. The predicted octanol–water partition coefficient (Wildman–Crippen LogP) is 0.919. The van der Waals surface area contributed by atoms with Crippen molar-refractivity contribution in [3.8, 4) is 0 Å². The molecule has 0 unspecified atom stereocenters. The molecule has 1 aromatic carbocycles. The Labute approximate surface area is 88.7 Å². The molecule has 0 fully saturated rings. The van der Waals surface area contributed by atoms with Crippen LogP contribution >= 0.6 is 0 Å². The number of nitrogens with zero attached hydrogens (tertiary/aromatic N) is 2. The Morgan fingerprint density at radius 2 is 2.07 bits per heavy atom. The second kappa shape index (κ2) is 3.73. The fraction of sp³-hybridized carbons (Fsp3) is 0.273. The van der Waals surface area contributed by atoms with E-state index in [1.165, 1.54) is 16.7 Å². The van der Waals surface area contributed by atoms with E-state index in [1.807, 2.05) is 0 Å². The van der Waals surface area contributed by atoms with Gasteiger partial charge in [0, 0.05) is 5.56 Å². The van der Waals surface area contributed by atoms with Crippen molar-refractivity contribution in [2.45, 2.75) is 19.8 Å². The Morgan fingerprint density at radius 3 is 2.80 bits per heavy atom. The van der Waals surface area contributed by atoms with Gasteiger partial charge < -0.3 is 11.5 Å². The van der Waals surface area contributed by atoms with Crippen LogP contribution in [0, 0.1) is 6.92 Å². The standard InChI is InChI=1S/C11H14N4/c1-7-2-4-9-8(6-7)3-5-10(9)14-15-11(12)13/h2,4,6H,3,5H2,1H3,(H4,12,13,15). The molecule has 0 spiro atoms. The van der Waals surface area contributed by atoms with Crippen molar-refractivity contribution in [1.29, 1.82) is 0 Å². The molecular weight excluding hydrogens is 188 g/mol. The van der Waals surface area contributed by atoms with Crippen molar-refractivity contribution in [1.82, 2.24) is 0 Å². The van der Waals surface area contributed by atoms with Gasteiger partial charge in [-0.25, -0.2) is 0 Å². The van der Waals surface area contributed by atoms with E-state index in [1.54, 1.807) is 0 Å². The highest BCUT2D eigenvalue weighted by atomic mass is 15.3. The second-order valence-corrected chi connectivity index (χ2v) is 3.73. The zero-order valence-electron chi connectivity index (χ0n) is 8.70. The summed E-state index contributed by atoms with van der Waals surface area (Å²) < 4.78 is 0. The summed E-state index contributed by atoms with van der Waals surface area (Å²) in [6, 6.07) is 6.35. The molecule has 0 amide bonds. The molecule has 0 aromatic heterocycles. The minimum absolute atomic E-state index is 0.00283. The normalized spacial score (nSPS) is 16.5. The molecule has 0 atom stereocenters. The lowest BCUT2D eigenvalue weighted by Crippen LogP contribution is -2.22. The van der Waals surface area contributed by atoms with Crippen LogP contribution in [0.3, 0.4) is 0 Å². The first kappa shape index (κ1) is 9.71. The highest BCUT2D eigenvalue weighted by Crippen LogP contribution is 2.23. The molecule has 1 aliphatic carbocycles. The van der Waals surface area contributed by atoms with Crippen LogP contribution in [0.25, 0.3) is 0 Å². The smallest absolute Gasteiger partial charge is 0.211 e. The summed E-state index contributed by atoms with van der Waals surface area (Å²) in [6.07, 6.45) is 1.94. The van der Waals surface area contributed by atoms with Gasteiger partial charge in [-0.2, -0.15) is 5.10 Å². The van der Waals surface area contributed by atoms with Gasteiger partial charge in [0.25, 0.3) is 0 Å². The van der Waals surface area contributed by atoms with Crippen molar-refractivity contribution in [2.24, 2.45) is 21.7 Å². The first-order valence-electron chi connectivity index (χ1n) is 4.92. The van der Waals surface area contributed by atoms with E-state index < -0.39 is 0 Å². The molecule has 0 bridgehead atoms.